The third-order valence-electron chi connectivity index (χ3n) is 4.51. The second-order valence-corrected chi connectivity index (χ2v) is 8.25. The third-order valence-corrected chi connectivity index (χ3v) is 6.05. The summed E-state index contributed by atoms with van der Waals surface area (Å²) >= 11 is 2.10. The second kappa shape index (κ2) is 13.4. The van der Waals surface area contributed by atoms with Crippen LogP contribution in [0.25, 0.3) is 0 Å². The number of rotatable bonds is 8. The average Bonchev–Trinajstić information content (AvgIpc) is 3.10. The molecule has 0 aromatic heterocycles. The van der Waals surface area contributed by atoms with E-state index in [0.29, 0.717) is 17.3 Å². The maximum absolute atomic E-state index is 5.72. The highest BCUT2D eigenvalue weighted by Gasteiger charge is 2.24. The fourth-order valence-electron chi connectivity index (χ4n) is 3.04. The highest BCUT2D eigenvalue weighted by Crippen LogP contribution is 2.24. The van der Waals surface area contributed by atoms with Gasteiger partial charge in [-0.15, -0.1) is 24.0 Å². The minimum absolute atomic E-state index is 0. The van der Waals surface area contributed by atoms with Gasteiger partial charge < -0.3 is 19.7 Å². The van der Waals surface area contributed by atoms with E-state index in [9.17, 15) is 0 Å². The van der Waals surface area contributed by atoms with Crippen LogP contribution in [0.5, 0.6) is 0 Å². The summed E-state index contributed by atoms with van der Waals surface area (Å²) in [5.74, 6) is 2.98. The van der Waals surface area contributed by atoms with E-state index < -0.39 is 0 Å². The molecule has 2 aliphatic rings. The molecule has 2 atom stereocenters. The van der Waals surface area contributed by atoms with Gasteiger partial charge in [0.2, 0.25) is 0 Å². The van der Waals surface area contributed by atoms with E-state index in [1.807, 2.05) is 0 Å². The zero-order valence-electron chi connectivity index (χ0n) is 16.0. The Morgan fingerprint density at radius 2 is 2.28 bits per heavy atom. The molecule has 0 spiro atoms. The van der Waals surface area contributed by atoms with Crippen molar-refractivity contribution in [3.8, 4) is 0 Å². The number of nitrogens with one attached hydrogen (secondary N) is 1. The largest absolute Gasteiger partial charge is 0.379 e. The van der Waals surface area contributed by atoms with Gasteiger partial charge >= 0.3 is 0 Å². The highest BCUT2D eigenvalue weighted by atomic mass is 127. The number of nitrogens with zero attached hydrogens (tertiary/aromatic N) is 2. The van der Waals surface area contributed by atoms with Crippen molar-refractivity contribution in [1.29, 1.82) is 0 Å². The van der Waals surface area contributed by atoms with Gasteiger partial charge in [0.05, 0.1) is 12.7 Å². The molecule has 2 heterocycles. The predicted molar refractivity (Wildman–Crippen MR) is 118 cm³/mol. The Hall–Kier alpha value is 0.270. The van der Waals surface area contributed by atoms with Crippen LogP contribution in [0.15, 0.2) is 4.99 Å². The van der Waals surface area contributed by atoms with Crippen molar-refractivity contribution in [3.05, 3.63) is 0 Å². The van der Waals surface area contributed by atoms with Crippen molar-refractivity contribution >= 4 is 41.7 Å². The van der Waals surface area contributed by atoms with E-state index >= 15 is 0 Å². The molecule has 0 aromatic rings. The lowest BCUT2D eigenvalue weighted by Crippen LogP contribution is -2.49. The van der Waals surface area contributed by atoms with Crippen LogP contribution in [-0.2, 0) is 9.47 Å². The quantitative estimate of drug-likeness (QED) is 0.248. The van der Waals surface area contributed by atoms with Crippen LogP contribution in [-0.4, -0.2) is 74.0 Å². The van der Waals surface area contributed by atoms with Gasteiger partial charge in [0.15, 0.2) is 5.96 Å². The molecular formula is C18H36IN3O2S. The van der Waals surface area contributed by atoms with Gasteiger partial charge in [-0.3, -0.25) is 4.99 Å². The van der Waals surface area contributed by atoms with Crippen LogP contribution in [0, 0.1) is 5.92 Å². The monoisotopic (exact) mass is 485 g/mol. The number of hydrogen-bond donors (Lipinski definition) is 1. The first-order valence-electron chi connectivity index (χ1n) is 9.55. The lowest BCUT2D eigenvalue weighted by atomic mass is 10.1. The molecular weight excluding hydrogens is 449 g/mol. The molecule has 0 saturated carbocycles. The summed E-state index contributed by atoms with van der Waals surface area (Å²) in [5, 5.41) is 4.16. The fourth-order valence-corrected chi connectivity index (χ4v) is 4.34. The minimum atomic E-state index is 0. The van der Waals surface area contributed by atoms with E-state index in [4.69, 9.17) is 14.5 Å². The molecule has 5 nitrogen and oxygen atoms in total. The summed E-state index contributed by atoms with van der Waals surface area (Å²) in [6.07, 6.45) is 3.62. The summed E-state index contributed by atoms with van der Waals surface area (Å²) in [6, 6.07) is 0. The Morgan fingerprint density at radius 1 is 1.44 bits per heavy atom. The molecule has 0 amide bonds. The molecule has 7 heteroatoms. The van der Waals surface area contributed by atoms with Crippen molar-refractivity contribution in [2.75, 3.05) is 51.8 Å². The lowest BCUT2D eigenvalue weighted by Gasteiger charge is -2.36. The van der Waals surface area contributed by atoms with Crippen molar-refractivity contribution in [2.45, 2.75) is 51.4 Å². The maximum atomic E-state index is 5.72. The van der Waals surface area contributed by atoms with Crippen molar-refractivity contribution in [1.82, 2.24) is 10.2 Å². The average molecular weight is 485 g/mol. The first-order chi connectivity index (χ1) is 11.7. The molecule has 1 N–H and O–H groups in total. The molecule has 25 heavy (non-hydrogen) atoms. The number of hydrogen-bond acceptors (Lipinski definition) is 4. The SMILES string of the molecule is CCNC(=NCCCOCC1CCCO1)N1CCSC(C(C)C)C1.I. The van der Waals surface area contributed by atoms with Crippen LogP contribution in [0.4, 0.5) is 0 Å². The molecule has 0 radical (unpaired) electrons. The first-order valence-corrected chi connectivity index (χ1v) is 10.6. The topological polar surface area (TPSA) is 46.1 Å². The summed E-state index contributed by atoms with van der Waals surface area (Å²) in [6.45, 7) is 13.1. The van der Waals surface area contributed by atoms with Gasteiger partial charge in [0, 0.05) is 50.4 Å². The van der Waals surface area contributed by atoms with E-state index in [0.717, 1.165) is 64.8 Å². The third kappa shape index (κ3) is 8.67. The number of thioether (sulfide) groups is 1. The normalized spacial score (nSPS) is 24.5. The van der Waals surface area contributed by atoms with Crippen molar-refractivity contribution in [2.24, 2.45) is 10.9 Å². The van der Waals surface area contributed by atoms with Gasteiger partial charge in [0.25, 0.3) is 0 Å². The number of aliphatic imine (C=N–C) groups is 1. The van der Waals surface area contributed by atoms with Crippen LogP contribution in [0.3, 0.4) is 0 Å². The van der Waals surface area contributed by atoms with Crippen molar-refractivity contribution < 1.29 is 9.47 Å². The van der Waals surface area contributed by atoms with E-state index in [1.165, 1.54) is 12.2 Å². The predicted octanol–water partition coefficient (Wildman–Crippen LogP) is 3.23. The van der Waals surface area contributed by atoms with E-state index in [1.54, 1.807) is 0 Å². The van der Waals surface area contributed by atoms with Gasteiger partial charge in [-0.2, -0.15) is 11.8 Å². The first kappa shape index (κ1) is 23.3. The molecule has 0 bridgehead atoms. The number of halogens is 1. The smallest absolute Gasteiger partial charge is 0.193 e. The molecule has 2 aliphatic heterocycles. The maximum Gasteiger partial charge on any atom is 0.193 e. The van der Waals surface area contributed by atoms with Crippen LogP contribution < -0.4 is 5.32 Å². The molecule has 148 valence electrons. The van der Waals surface area contributed by atoms with Gasteiger partial charge in [-0.25, -0.2) is 0 Å². The number of guanidine groups is 1. The molecule has 2 saturated heterocycles. The van der Waals surface area contributed by atoms with E-state index in [2.05, 4.69) is 42.7 Å². The standard InChI is InChI=1S/C18H35N3O2S.HI/c1-4-19-18(21-9-12-24-17(13-21)15(2)3)20-8-6-10-22-14-16-7-5-11-23-16;/h15-17H,4-14H2,1-3H3,(H,19,20);1H. The molecule has 0 aromatic carbocycles. The number of ether oxygens (including phenoxy) is 2. The fraction of sp³-hybridized carbons (Fsp3) is 0.944. The molecule has 2 unspecified atom stereocenters. The van der Waals surface area contributed by atoms with Gasteiger partial charge in [-0.1, -0.05) is 13.8 Å². The Bertz CT molecular complexity index is 379. The van der Waals surface area contributed by atoms with Gasteiger partial charge in [0.1, 0.15) is 0 Å². The summed E-state index contributed by atoms with van der Waals surface area (Å²) in [5.41, 5.74) is 0. The Morgan fingerprint density at radius 3 is 2.96 bits per heavy atom. The van der Waals surface area contributed by atoms with E-state index in [-0.39, 0.29) is 24.0 Å². The summed E-state index contributed by atoms with van der Waals surface area (Å²) < 4.78 is 11.3. The molecule has 2 rings (SSSR count). The Labute approximate surface area is 175 Å². The summed E-state index contributed by atoms with van der Waals surface area (Å²) in [4.78, 5) is 7.24. The zero-order valence-corrected chi connectivity index (χ0v) is 19.2. The lowest BCUT2D eigenvalue weighted by molar-refractivity contribution is 0.0170. The highest BCUT2D eigenvalue weighted by molar-refractivity contribution is 14.0. The van der Waals surface area contributed by atoms with Crippen molar-refractivity contribution in [3.63, 3.8) is 0 Å². The zero-order chi connectivity index (χ0) is 17.2. The minimum Gasteiger partial charge on any atom is -0.379 e. The van der Waals surface area contributed by atoms with Crippen LogP contribution >= 0.6 is 35.7 Å². The second-order valence-electron chi connectivity index (χ2n) is 6.90. The van der Waals surface area contributed by atoms with Gasteiger partial charge in [-0.05, 0) is 32.1 Å². The Balaban J connectivity index is 0.00000312. The molecule has 2 fully saturated rings. The van der Waals surface area contributed by atoms with Crippen LogP contribution in [0.2, 0.25) is 0 Å². The molecule has 0 aliphatic carbocycles. The van der Waals surface area contributed by atoms with Crippen LogP contribution in [0.1, 0.15) is 40.0 Å². The Kier molecular flexibility index (Phi) is 12.5. The summed E-state index contributed by atoms with van der Waals surface area (Å²) in [7, 11) is 0.